The first kappa shape index (κ1) is 10.2. The van der Waals surface area contributed by atoms with Crippen LogP contribution in [-0.2, 0) is 0 Å². The zero-order valence-electron chi connectivity index (χ0n) is 9.15. The van der Waals surface area contributed by atoms with Gasteiger partial charge in [-0.1, -0.05) is 60.6 Å². The van der Waals surface area contributed by atoms with E-state index in [2.05, 4.69) is 48.6 Å². The van der Waals surface area contributed by atoms with Gasteiger partial charge in [-0.05, 0) is 31.2 Å². The SMILES string of the molecule is C(/C=C/c1ccccc1)=C1CCCCC1. The Kier molecular flexibility index (Phi) is 3.78. The van der Waals surface area contributed by atoms with Crippen LogP contribution in [0.15, 0.2) is 48.1 Å². The number of allylic oxidation sites excluding steroid dienone is 3. The van der Waals surface area contributed by atoms with Crippen molar-refractivity contribution in [2.24, 2.45) is 0 Å². The fraction of sp³-hybridized carbons (Fsp3) is 0.333. The number of benzene rings is 1. The number of rotatable bonds is 2. The second kappa shape index (κ2) is 5.55. The molecule has 0 spiro atoms. The molecule has 0 N–H and O–H groups in total. The van der Waals surface area contributed by atoms with E-state index in [1.807, 2.05) is 0 Å². The average Bonchev–Trinajstić information content (AvgIpc) is 2.32. The van der Waals surface area contributed by atoms with Crippen LogP contribution in [-0.4, -0.2) is 0 Å². The summed E-state index contributed by atoms with van der Waals surface area (Å²) in [5.41, 5.74) is 2.90. The molecule has 0 atom stereocenters. The average molecular weight is 198 g/mol. The largest absolute Gasteiger partial charge is 0.0702 e. The maximum Gasteiger partial charge on any atom is -0.0257 e. The molecule has 0 heteroatoms. The maximum atomic E-state index is 2.30. The van der Waals surface area contributed by atoms with E-state index in [9.17, 15) is 0 Å². The van der Waals surface area contributed by atoms with Crippen LogP contribution in [0.3, 0.4) is 0 Å². The topological polar surface area (TPSA) is 0 Å². The van der Waals surface area contributed by atoms with E-state index in [0.717, 1.165) is 0 Å². The van der Waals surface area contributed by atoms with Gasteiger partial charge in [-0.2, -0.15) is 0 Å². The van der Waals surface area contributed by atoms with E-state index >= 15 is 0 Å². The third-order valence-corrected chi connectivity index (χ3v) is 2.92. The van der Waals surface area contributed by atoms with E-state index in [1.165, 1.54) is 37.7 Å². The molecule has 0 nitrogen and oxygen atoms in total. The van der Waals surface area contributed by atoms with E-state index in [4.69, 9.17) is 0 Å². The molecule has 0 aromatic heterocycles. The Balaban J connectivity index is 1.94. The highest BCUT2D eigenvalue weighted by Gasteiger charge is 2.02. The molecule has 78 valence electrons. The molecule has 0 amide bonds. The van der Waals surface area contributed by atoms with Gasteiger partial charge in [0.05, 0.1) is 0 Å². The van der Waals surface area contributed by atoms with Gasteiger partial charge in [0.15, 0.2) is 0 Å². The van der Waals surface area contributed by atoms with E-state index < -0.39 is 0 Å². The van der Waals surface area contributed by atoms with Crippen LogP contribution in [0.5, 0.6) is 0 Å². The Morgan fingerprint density at radius 2 is 1.60 bits per heavy atom. The van der Waals surface area contributed by atoms with Crippen molar-refractivity contribution in [2.45, 2.75) is 32.1 Å². The molecule has 0 radical (unpaired) electrons. The molecule has 0 heterocycles. The van der Waals surface area contributed by atoms with Crippen molar-refractivity contribution < 1.29 is 0 Å². The zero-order chi connectivity index (χ0) is 10.3. The van der Waals surface area contributed by atoms with Gasteiger partial charge in [-0.25, -0.2) is 0 Å². The minimum Gasteiger partial charge on any atom is -0.0702 e. The van der Waals surface area contributed by atoms with Crippen LogP contribution in [0.4, 0.5) is 0 Å². The molecule has 0 bridgehead atoms. The summed E-state index contributed by atoms with van der Waals surface area (Å²) in [7, 11) is 0. The lowest BCUT2D eigenvalue weighted by molar-refractivity contribution is 0.599. The summed E-state index contributed by atoms with van der Waals surface area (Å²) >= 11 is 0. The Labute approximate surface area is 92.3 Å². The second-order valence-electron chi connectivity index (χ2n) is 4.16. The molecule has 1 aromatic carbocycles. The molecule has 1 fully saturated rings. The molecule has 1 aliphatic carbocycles. The second-order valence-corrected chi connectivity index (χ2v) is 4.16. The lowest BCUT2D eigenvalue weighted by Crippen LogP contribution is -1.92. The van der Waals surface area contributed by atoms with Crippen molar-refractivity contribution >= 4 is 6.08 Å². The van der Waals surface area contributed by atoms with Crippen LogP contribution in [0.1, 0.15) is 37.7 Å². The summed E-state index contributed by atoms with van der Waals surface area (Å²) in [6.45, 7) is 0. The standard InChI is InChI=1S/C15H18/c1-3-8-14(9-4-1)12-7-13-15-10-5-2-6-11-15/h1,3-4,7-9,12-13H,2,5-6,10-11H2/b12-7+. The molecular weight excluding hydrogens is 180 g/mol. The smallest absolute Gasteiger partial charge is 0.0257 e. The van der Waals surface area contributed by atoms with E-state index in [0.29, 0.717) is 0 Å². The summed E-state index contributed by atoms with van der Waals surface area (Å²) in [6.07, 6.45) is 13.5. The fourth-order valence-electron chi connectivity index (χ4n) is 2.03. The molecular formula is C15H18. The van der Waals surface area contributed by atoms with Gasteiger partial charge < -0.3 is 0 Å². The highest BCUT2D eigenvalue weighted by atomic mass is 14.1. The molecule has 1 aliphatic rings. The van der Waals surface area contributed by atoms with Gasteiger partial charge in [0.25, 0.3) is 0 Å². The highest BCUT2D eigenvalue weighted by molar-refractivity contribution is 5.50. The lowest BCUT2D eigenvalue weighted by Gasteiger charge is -2.12. The molecule has 0 saturated heterocycles. The first-order chi connectivity index (χ1) is 7.45. The first-order valence-electron chi connectivity index (χ1n) is 5.86. The highest BCUT2D eigenvalue weighted by Crippen LogP contribution is 2.22. The molecule has 1 aromatic rings. The zero-order valence-corrected chi connectivity index (χ0v) is 9.15. The minimum atomic E-state index is 1.28. The molecule has 2 rings (SSSR count). The van der Waals surface area contributed by atoms with Crippen LogP contribution >= 0.6 is 0 Å². The van der Waals surface area contributed by atoms with Gasteiger partial charge in [0.1, 0.15) is 0 Å². The summed E-state index contributed by atoms with van der Waals surface area (Å²) in [6, 6.07) is 10.5. The van der Waals surface area contributed by atoms with Gasteiger partial charge in [-0.15, -0.1) is 0 Å². The van der Waals surface area contributed by atoms with E-state index in [1.54, 1.807) is 5.57 Å². The predicted octanol–water partition coefficient (Wildman–Crippen LogP) is 4.59. The van der Waals surface area contributed by atoms with Crippen LogP contribution in [0, 0.1) is 0 Å². The summed E-state index contributed by atoms with van der Waals surface area (Å²) in [5, 5.41) is 0. The van der Waals surface area contributed by atoms with E-state index in [-0.39, 0.29) is 0 Å². The summed E-state index contributed by atoms with van der Waals surface area (Å²) < 4.78 is 0. The van der Waals surface area contributed by atoms with Gasteiger partial charge in [0.2, 0.25) is 0 Å². The summed E-state index contributed by atoms with van der Waals surface area (Å²) in [4.78, 5) is 0. The minimum absolute atomic E-state index is 1.28. The van der Waals surface area contributed by atoms with Crippen molar-refractivity contribution in [1.29, 1.82) is 0 Å². The van der Waals surface area contributed by atoms with Crippen molar-refractivity contribution in [3.05, 3.63) is 53.6 Å². The van der Waals surface area contributed by atoms with Gasteiger partial charge in [-0.3, -0.25) is 0 Å². The summed E-state index contributed by atoms with van der Waals surface area (Å²) in [5.74, 6) is 0. The number of hydrogen-bond acceptors (Lipinski definition) is 0. The van der Waals surface area contributed by atoms with Gasteiger partial charge in [0, 0.05) is 0 Å². The van der Waals surface area contributed by atoms with Crippen molar-refractivity contribution in [3.8, 4) is 0 Å². The maximum absolute atomic E-state index is 2.30. The Hall–Kier alpha value is -1.30. The predicted molar refractivity (Wildman–Crippen MR) is 66.6 cm³/mol. The monoisotopic (exact) mass is 198 g/mol. The fourth-order valence-corrected chi connectivity index (χ4v) is 2.03. The molecule has 0 aliphatic heterocycles. The van der Waals surface area contributed by atoms with Crippen LogP contribution in [0.2, 0.25) is 0 Å². The van der Waals surface area contributed by atoms with Crippen molar-refractivity contribution in [3.63, 3.8) is 0 Å². The lowest BCUT2D eigenvalue weighted by atomic mass is 9.94. The Morgan fingerprint density at radius 1 is 0.867 bits per heavy atom. The molecule has 15 heavy (non-hydrogen) atoms. The van der Waals surface area contributed by atoms with Crippen molar-refractivity contribution in [2.75, 3.05) is 0 Å². The van der Waals surface area contributed by atoms with Crippen LogP contribution < -0.4 is 0 Å². The molecule has 1 saturated carbocycles. The first-order valence-corrected chi connectivity index (χ1v) is 5.86. The van der Waals surface area contributed by atoms with Crippen LogP contribution in [0.25, 0.3) is 6.08 Å². The van der Waals surface area contributed by atoms with Crippen molar-refractivity contribution in [1.82, 2.24) is 0 Å². The van der Waals surface area contributed by atoms with Gasteiger partial charge >= 0.3 is 0 Å². The number of hydrogen-bond donors (Lipinski definition) is 0. The Morgan fingerprint density at radius 3 is 2.33 bits per heavy atom. The quantitative estimate of drug-likeness (QED) is 0.652. The third-order valence-electron chi connectivity index (χ3n) is 2.92. The normalized spacial score (nSPS) is 16.9. The Bertz CT molecular complexity index is 336. The molecule has 0 unspecified atom stereocenters. The third kappa shape index (κ3) is 3.39.